The van der Waals surface area contributed by atoms with Crippen LogP contribution in [0.15, 0.2) is 30.5 Å². The number of nitrogens with zero attached hydrogens (tertiary/aromatic N) is 1. The van der Waals surface area contributed by atoms with Crippen LogP contribution < -0.4 is 0 Å². The summed E-state index contributed by atoms with van der Waals surface area (Å²) in [5.41, 5.74) is 6.07. The molecule has 0 amide bonds. The molecule has 0 aliphatic carbocycles. The van der Waals surface area contributed by atoms with E-state index in [-0.39, 0.29) is 5.41 Å². The Bertz CT molecular complexity index is 495. The van der Waals surface area contributed by atoms with Crippen LogP contribution in [0.25, 0.3) is 0 Å². The van der Waals surface area contributed by atoms with E-state index in [1.54, 1.807) is 5.56 Å². The summed E-state index contributed by atoms with van der Waals surface area (Å²) in [6.45, 7) is 15.7. The van der Waals surface area contributed by atoms with E-state index in [9.17, 15) is 0 Å². The van der Waals surface area contributed by atoms with E-state index in [1.165, 1.54) is 48.9 Å². The highest BCUT2D eigenvalue weighted by Crippen LogP contribution is 2.45. The first-order valence-corrected chi connectivity index (χ1v) is 8.59. The molecule has 1 aliphatic heterocycles. The molecule has 21 heavy (non-hydrogen) atoms. The van der Waals surface area contributed by atoms with E-state index >= 15 is 0 Å². The lowest BCUT2D eigenvalue weighted by molar-refractivity contribution is 0.205. The van der Waals surface area contributed by atoms with E-state index in [2.05, 4.69) is 57.4 Å². The molecule has 0 N–H and O–H groups in total. The van der Waals surface area contributed by atoms with Crippen LogP contribution in [-0.2, 0) is 13.0 Å². The maximum atomic E-state index is 4.55. The molecule has 0 bridgehead atoms. The van der Waals surface area contributed by atoms with Crippen molar-refractivity contribution in [3.8, 4) is 0 Å². The fraction of sp³-hybridized carbons (Fsp3) is 0.600. The van der Waals surface area contributed by atoms with Crippen molar-refractivity contribution in [2.24, 2.45) is 5.41 Å². The van der Waals surface area contributed by atoms with Gasteiger partial charge in [-0.1, -0.05) is 57.0 Å². The van der Waals surface area contributed by atoms with Gasteiger partial charge in [-0.05, 0) is 44.2 Å². The molecule has 1 heterocycles. The van der Waals surface area contributed by atoms with Gasteiger partial charge in [-0.15, -0.1) is 0 Å². The minimum Gasteiger partial charge on any atom is -0.371 e. The Kier molecular flexibility index (Phi) is 5.13. The van der Waals surface area contributed by atoms with Crippen LogP contribution in [0, 0.1) is 12.3 Å². The molecule has 1 aromatic carbocycles. The second-order valence-electron chi connectivity index (χ2n) is 6.69. The van der Waals surface area contributed by atoms with Crippen molar-refractivity contribution in [1.29, 1.82) is 0 Å². The molecule has 1 nitrogen and oxygen atoms in total. The lowest BCUT2D eigenvalue weighted by Gasteiger charge is -2.39. The van der Waals surface area contributed by atoms with Gasteiger partial charge in [-0.2, -0.15) is 0 Å². The van der Waals surface area contributed by atoms with Gasteiger partial charge in [0.25, 0.3) is 0 Å². The van der Waals surface area contributed by atoms with E-state index in [0.717, 1.165) is 13.1 Å². The molecule has 1 aliphatic rings. The van der Waals surface area contributed by atoms with E-state index in [0.29, 0.717) is 0 Å². The number of fused-ring (bicyclic) bond motifs is 1. The second-order valence-corrected chi connectivity index (χ2v) is 6.69. The molecule has 0 radical (unpaired) electrons. The second kappa shape index (κ2) is 6.68. The number of hydrogen-bond donors (Lipinski definition) is 0. The van der Waals surface area contributed by atoms with Gasteiger partial charge in [0.05, 0.1) is 0 Å². The zero-order valence-corrected chi connectivity index (χ0v) is 14.3. The van der Waals surface area contributed by atoms with Gasteiger partial charge < -0.3 is 4.90 Å². The van der Waals surface area contributed by atoms with Gasteiger partial charge in [0.1, 0.15) is 0 Å². The highest BCUT2D eigenvalue weighted by atomic mass is 15.1. The molecular formula is C20H31N. The molecule has 0 unspecified atom stereocenters. The van der Waals surface area contributed by atoms with Crippen molar-refractivity contribution in [1.82, 2.24) is 4.90 Å². The van der Waals surface area contributed by atoms with Crippen LogP contribution in [0.2, 0.25) is 0 Å². The zero-order valence-electron chi connectivity index (χ0n) is 14.3. The fourth-order valence-corrected chi connectivity index (χ4v) is 4.03. The summed E-state index contributed by atoms with van der Waals surface area (Å²) < 4.78 is 0. The van der Waals surface area contributed by atoms with Gasteiger partial charge in [0.2, 0.25) is 0 Å². The summed E-state index contributed by atoms with van der Waals surface area (Å²) in [5.74, 6) is 0. The Labute approximate surface area is 131 Å². The molecule has 1 aromatic rings. The minimum absolute atomic E-state index is 0.262. The monoisotopic (exact) mass is 285 g/mol. The van der Waals surface area contributed by atoms with Gasteiger partial charge in [-0.3, -0.25) is 0 Å². The number of aryl methyl sites for hydroxylation is 1. The van der Waals surface area contributed by atoms with E-state index in [4.69, 9.17) is 0 Å². The molecule has 0 saturated heterocycles. The number of rotatable bonds is 5. The van der Waals surface area contributed by atoms with Crippen LogP contribution in [-0.4, -0.2) is 11.4 Å². The number of allylic oxidation sites excluding steroid dienone is 1. The van der Waals surface area contributed by atoms with Crippen LogP contribution >= 0.6 is 0 Å². The Morgan fingerprint density at radius 1 is 1.10 bits per heavy atom. The quantitative estimate of drug-likeness (QED) is 0.693. The van der Waals surface area contributed by atoms with E-state index < -0.39 is 0 Å². The first kappa shape index (κ1) is 16.1. The predicted octanol–water partition coefficient (Wildman–Crippen LogP) is 5.47. The number of hydrogen-bond acceptors (Lipinski definition) is 1. The third-order valence-electron chi connectivity index (χ3n) is 5.08. The SMILES string of the molecule is C=C1N(CC)Cc2ccc(C)cc2CC1(CCC)CCC. The summed E-state index contributed by atoms with van der Waals surface area (Å²) in [6, 6.07) is 6.98. The first-order valence-electron chi connectivity index (χ1n) is 8.59. The van der Waals surface area contributed by atoms with Gasteiger partial charge >= 0.3 is 0 Å². The molecule has 1 heteroatoms. The molecule has 2 rings (SSSR count). The Hall–Kier alpha value is -1.24. The maximum absolute atomic E-state index is 4.55. The van der Waals surface area contributed by atoms with Crippen molar-refractivity contribution >= 4 is 0 Å². The molecule has 116 valence electrons. The topological polar surface area (TPSA) is 3.24 Å². The zero-order chi connectivity index (χ0) is 15.5. The molecular weight excluding hydrogens is 254 g/mol. The van der Waals surface area contributed by atoms with E-state index in [1.807, 2.05) is 0 Å². The molecule has 0 spiro atoms. The minimum atomic E-state index is 0.262. The van der Waals surface area contributed by atoms with Gasteiger partial charge in [-0.25, -0.2) is 0 Å². The van der Waals surface area contributed by atoms with Crippen LogP contribution in [0.4, 0.5) is 0 Å². The average molecular weight is 285 g/mol. The highest BCUT2D eigenvalue weighted by Gasteiger charge is 2.37. The first-order chi connectivity index (χ1) is 10.1. The van der Waals surface area contributed by atoms with Crippen molar-refractivity contribution in [2.45, 2.75) is 66.3 Å². The lowest BCUT2D eigenvalue weighted by Crippen LogP contribution is -2.34. The van der Waals surface area contributed by atoms with Crippen molar-refractivity contribution in [3.63, 3.8) is 0 Å². The Morgan fingerprint density at radius 2 is 1.76 bits per heavy atom. The molecule has 0 aromatic heterocycles. The van der Waals surface area contributed by atoms with Gasteiger partial charge in [0, 0.05) is 24.2 Å². The molecule has 0 fully saturated rings. The summed E-state index contributed by atoms with van der Waals surface area (Å²) in [7, 11) is 0. The summed E-state index contributed by atoms with van der Waals surface area (Å²) >= 11 is 0. The largest absolute Gasteiger partial charge is 0.371 e. The summed E-state index contributed by atoms with van der Waals surface area (Å²) in [6.07, 6.45) is 6.14. The molecule has 0 atom stereocenters. The standard InChI is InChI=1S/C20H31N/c1-6-11-20(12-7-2)14-19-13-16(4)9-10-18(19)15-21(8-3)17(20)5/h9-10,13H,5-8,11-12,14-15H2,1-4H3. The van der Waals surface area contributed by atoms with Crippen LogP contribution in [0.1, 0.15) is 63.1 Å². The fourth-order valence-electron chi connectivity index (χ4n) is 4.03. The summed E-state index contributed by atoms with van der Waals surface area (Å²) in [4.78, 5) is 2.51. The smallest absolute Gasteiger partial charge is 0.0429 e. The van der Waals surface area contributed by atoms with Crippen LogP contribution in [0.3, 0.4) is 0 Å². The number of benzene rings is 1. The predicted molar refractivity (Wildman–Crippen MR) is 92.4 cm³/mol. The van der Waals surface area contributed by atoms with Crippen molar-refractivity contribution in [3.05, 3.63) is 47.2 Å². The van der Waals surface area contributed by atoms with Gasteiger partial charge in [0.15, 0.2) is 0 Å². The normalized spacial score (nSPS) is 17.5. The van der Waals surface area contributed by atoms with Crippen molar-refractivity contribution in [2.75, 3.05) is 6.54 Å². The van der Waals surface area contributed by atoms with Crippen LogP contribution in [0.5, 0.6) is 0 Å². The third-order valence-corrected chi connectivity index (χ3v) is 5.08. The Balaban J connectivity index is 2.50. The highest BCUT2D eigenvalue weighted by molar-refractivity contribution is 5.36. The Morgan fingerprint density at radius 3 is 2.33 bits per heavy atom. The maximum Gasteiger partial charge on any atom is 0.0429 e. The lowest BCUT2D eigenvalue weighted by atomic mass is 9.72. The average Bonchev–Trinajstić information content (AvgIpc) is 2.56. The summed E-state index contributed by atoms with van der Waals surface area (Å²) in [5, 5.41) is 0. The third kappa shape index (κ3) is 3.17. The molecule has 0 saturated carbocycles. The van der Waals surface area contributed by atoms with Crippen molar-refractivity contribution < 1.29 is 0 Å².